The number of nitrogens with one attached hydrogen (secondary N) is 1. The molecule has 2 aromatic carbocycles. The van der Waals surface area contributed by atoms with Gasteiger partial charge < -0.3 is 9.47 Å². The largest absolute Gasteiger partial charge is 0.378 e. The fourth-order valence-electron chi connectivity index (χ4n) is 2.47. The molecule has 0 unspecified atom stereocenters. The van der Waals surface area contributed by atoms with E-state index in [2.05, 4.69) is 10.5 Å². The first-order chi connectivity index (χ1) is 12.1. The Hall–Kier alpha value is -3.34. The lowest BCUT2D eigenvalue weighted by molar-refractivity contribution is 0.0955. The molecule has 1 N–H and O–H groups in total. The smallest absolute Gasteiger partial charge is 0.273 e. The number of para-hydroxylation sites is 1. The first-order valence-electron chi connectivity index (χ1n) is 7.98. The van der Waals surface area contributed by atoms with E-state index in [9.17, 15) is 4.79 Å². The predicted molar refractivity (Wildman–Crippen MR) is 102 cm³/mol. The van der Waals surface area contributed by atoms with E-state index in [1.165, 1.54) is 0 Å². The molecule has 0 fully saturated rings. The van der Waals surface area contributed by atoms with Crippen LogP contribution in [0.25, 0.3) is 5.69 Å². The Kier molecular flexibility index (Phi) is 4.95. The van der Waals surface area contributed by atoms with Crippen molar-refractivity contribution in [1.29, 1.82) is 0 Å². The third-order valence-corrected chi connectivity index (χ3v) is 3.82. The molecule has 0 bridgehead atoms. The third kappa shape index (κ3) is 3.95. The Morgan fingerprint density at radius 3 is 2.36 bits per heavy atom. The lowest BCUT2D eigenvalue weighted by Gasteiger charge is -2.11. The number of carbonyl (C=O) groups excluding carboxylic acids is 1. The summed E-state index contributed by atoms with van der Waals surface area (Å²) in [6, 6.07) is 19.2. The average molecular weight is 332 g/mol. The Morgan fingerprint density at radius 1 is 1.00 bits per heavy atom. The van der Waals surface area contributed by atoms with Gasteiger partial charge in [0.15, 0.2) is 0 Å². The summed E-state index contributed by atoms with van der Waals surface area (Å²) in [6.07, 6.45) is 5.44. The molecule has 0 aliphatic heterocycles. The normalized spacial score (nSPS) is 10.8. The van der Waals surface area contributed by atoms with Gasteiger partial charge in [-0.25, -0.2) is 5.43 Å². The summed E-state index contributed by atoms with van der Waals surface area (Å²) in [5.41, 5.74) is 6.01. The van der Waals surface area contributed by atoms with Crippen molar-refractivity contribution in [2.45, 2.75) is 0 Å². The molecule has 0 aliphatic rings. The van der Waals surface area contributed by atoms with Crippen molar-refractivity contribution in [2.75, 3.05) is 19.0 Å². The predicted octanol–water partition coefficient (Wildman–Crippen LogP) is 3.31. The molecular formula is C20H20N4O. The van der Waals surface area contributed by atoms with Gasteiger partial charge >= 0.3 is 0 Å². The van der Waals surface area contributed by atoms with Crippen molar-refractivity contribution in [1.82, 2.24) is 9.99 Å². The molecule has 0 spiro atoms. The molecule has 25 heavy (non-hydrogen) atoms. The van der Waals surface area contributed by atoms with Crippen LogP contribution in [-0.2, 0) is 0 Å². The quantitative estimate of drug-likeness (QED) is 0.576. The fraction of sp³-hybridized carbons (Fsp3) is 0.100. The number of rotatable bonds is 5. The molecule has 126 valence electrons. The Bertz CT molecular complexity index is 865. The zero-order valence-corrected chi connectivity index (χ0v) is 14.3. The van der Waals surface area contributed by atoms with Crippen LogP contribution in [0.15, 0.2) is 78.2 Å². The van der Waals surface area contributed by atoms with Gasteiger partial charge in [-0.1, -0.05) is 24.3 Å². The summed E-state index contributed by atoms with van der Waals surface area (Å²) in [5, 5.41) is 4.07. The number of hydrazone groups is 1. The van der Waals surface area contributed by atoms with Gasteiger partial charge in [0, 0.05) is 32.2 Å². The van der Waals surface area contributed by atoms with Crippen molar-refractivity contribution in [3.8, 4) is 5.69 Å². The zero-order valence-electron chi connectivity index (χ0n) is 14.3. The van der Waals surface area contributed by atoms with Gasteiger partial charge in [0.05, 0.1) is 17.5 Å². The van der Waals surface area contributed by atoms with Crippen LogP contribution < -0.4 is 10.3 Å². The summed E-state index contributed by atoms with van der Waals surface area (Å²) in [6.45, 7) is 0. The SMILES string of the molecule is CN(C)c1ccc(C=NNC(=O)c2ccccc2-n2cccc2)cc1. The van der Waals surface area contributed by atoms with Crippen LogP contribution in [0, 0.1) is 0 Å². The molecule has 1 aromatic heterocycles. The molecule has 0 saturated carbocycles. The number of amides is 1. The van der Waals surface area contributed by atoms with E-state index in [0.717, 1.165) is 16.9 Å². The van der Waals surface area contributed by atoms with Gasteiger partial charge in [0.25, 0.3) is 5.91 Å². The maximum Gasteiger partial charge on any atom is 0.273 e. The minimum atomic E-state index is -0.245. The highest BCUT2D eigenvalue weighted by molar-refractivity contribution is 5.98. The highest BCUT2D eigenvalue weighted by atomic mass is 16.2. The van der Waals surface area contributed by atoms with E-state index < -0.39 is 0 Å². The Morgan fingerprint density at radius 2 is 1.68 bits per heavy atom. The molecule has 3 rings (SSSR count). The van der Waals surface area contributed by atoms with Gasteiger partial charge in [-0.05, 0) is 42.0 Å². The number of hydrogen-bond donors (Lipinski definition) is 1. The summed E-state index contributed by atoms with van der Waals surface area (Å²) in [5.74, 6) is -0.245. The highest BCUT2D eigenvalue weighted by Crippen LogP contribution is 2.14. The van der Waals surface area contributed by atoms with Crippen LogP contribution in [0.2, 0.25) is 0 Å². The number of anilines is 1. The van der Waals surface area contributed by atoms with E-state index >= 15 is 0 Å². The Labute approximate surface area is 147 Å². The van der Waals surface area contributed by atoms with Gasteiger partial charge in [0.1, 0.15) is 0 Å². The summed E-state index contributed by atoms with van der Waals surface area (Å²) >= 11 is 0. The van der Waals surface area contributed by atoms with Gasteiger partial charge in [-0.15, -0.1) is 0 Å². The monoisotopic (exact) mass is 332 g/mol. The molecule has 0 atom stereocenters. The summed E-state index contributed by atoms with van der Waals surface area (Å²) in [7, 11) is 3.98. The van der Waals surface area contributed by atoms with Crippen LogP contribution in [0.1, 0.15) is 15.9 Å². The number of hydrogen-bond acceptors (Lipinski definition) is 3. The van der Waals surface area contributed by atoms with Crippen LogP contribution in [-0.4, -0.2) is 30.8 Å². The van der Waals surface area contributed by atoms with Crippen LogP contribution in [0.5, 0.6) is 0 Å². The molecule has 0 radical (unpaired) electrons. The minimum Gasteiger partial charge on any atom is -0.378 e. The van der Waals surface area contributed by atoms with E-state index in [1.54, 1.807) is 12.3 Å². The van der Waals surface area contributed by atoms with Crippen molar-refractivity contribution >= 4 is 17.8 Å². The van der Waals surface area contributed by atoms with E-state index in [-0.39, 0.29) is 5.91 Å². The number of aromatic nitrogens is 1. The Balaban J connectivity index is 1.71. The molecule has 1 heterocycles. The minimum absolute atomic E-state index is 0.245. The highest BCUT2D eigenvalue weighted by Gasteiger charge is 2.10. The molecule has 1 amide bonds. The second kappa shape index (κ2) is 7.49. The lowest BCUT2D eigenvalue weighted by atomic mass is 10.1. The third-order valence-electron chi connectivity index (χ3n) is 3.82. The van der Waals surface area contributed by atoms with E-state index in [0.29, 0.717) is 5.56 Å². The number of carbonyl (C=O) groups is 1. The maximum atomic E-state index is 12.4. The van der Waals surface area contributed by atoms with Crippen molar-refractivity contribution < 1.29 is 4.79 Å². The van der Waals surface area contributed by atoms with E-state index in [4.69, 9.17) is 0 Å². The summed E-state index contributed by atoms with van der Waals surface area (Å²) < 4.78 is 1.90. The molecule has 0 aliphatic carbocycles. The molecule has 5 nitrogen and oxygen atoms in total. The van der Waals surface area contributed by atoms with Gasteiger partial charge in [-0.2, -0.15) is 5.10 Å². The zero-order chi connectivity index (χ0) is 17.6. The second-order valence-electron chi connectivity index (χ2n) is 5.79. The second-order valence-corrected chi connectivity index (χ2v) is 5.79. The molecule has 3 aromatic rings. The van der Waals surface area contributed by atoms with Crippen molar-refractivity contribution in [2.24, 2.45) is 5.10 Å². The van der Waals surface area contributed by atoms with E-state index in [1.807, 2.05) is 90.6 Å². The van der Waals surface area contributed by atoms with Crippen LogP contribution >= 0.6 is 0 Å². The molecule has 0 saturated heterocycles. The topological polar surface area (TPSA) is 49.6 Å². The maximum absolute atomic E-state index is 12.4. The lowest BCUT2D eigenvalue weighted by Crippen LogP contribution is -2.19. The first kappa shape index (κ1) is 16.5. The van der Waals surface area contributed by atoms with Gasteiger partial charge in [-0.3, -0.25) is 4.79 Å². The first-order valence-corrected chi connectivity index (χ1v) is 7.98. The fourth-order valence-corrected chi connectivity index (χ4v) is 2.47. The van der Waals surface area contributed by atoms with Gasteiger partial charge in [0.2, 0.25) is 0 Å². The summed E-state index contributed by atoms with van der Waals surface area (Å²) in [4.78, 5) is 14.5. The standard InChI is InChI=1S/C20H20N4O/c1-23(2)17-11-9-16(10-12-17)15-21-22-20(25)18-7-3-4-8-19(18)24-13-5-6-14-24/h3-15H,1-2H3,(H,22,25). The molecule has 5 heteroatoms. The van der Waals surface area contributed by atoms with Crippen LogP contribution in [0.4, 0.5) is 5.69 Å². The van der Waals surface area contributed by atoms with Crippen LogP contribution in [0.3, 0.4) is 0 Å². The average Bonchev–Trinajstić information content (AvgIpc) is 3.16. The van der Waals surface area contributed by atoms with Crippen molar-refractivity contribution in [3.05, 3.63) is 84.2 Å². The number of benzene rings is 2. The molecular weight excluding hydrogens is 312 g/mol. The van der Waals surface area contributed by atoms with Crippen molar-refractivity contribution in [3.63, 3.8) is 0 Å². The number of nitrogens with zero attached hydrogens (tertiary/aromatic N) is 3.